The first kappa shape index (κ1) is 28.1. The van der Waals surface area contributed by atoms with Crippen molar-refractivity contribution in [3.63, 3.8) is 0 Å². The number of hydrogen-bond acceptors (Lipinski definition) is 11. The number of hydrogen-bond donors (Lipinski definition) is 3. The fraction of sp³-hybridized carbons (Fsp3) is 0.318. The number of aliphatic carboxylic acids is 1. The summed E-state index contributed by atoms with van der Waals surface area (Å²) in [6.45, 7) is 5.12. The van der Waals surface area contributed by atoms with E-state index in [-0.39, 0.29) is 47.5 Å². The van der Waals surface area contributed by atoms with Crippen LogP contribution < -0.4 is 10.6 Å². The Morgan fingerprint density at radius 1 is 1.39 bits per heavy atom. The number of carbonyl (C=O) groups is 5. The highest BCUT2D eigenvalue weighted by molar-refractivity contribution is 7.14. The SMILES string of the molecule is C=CCOC(=O)Nc1nc(/C(=N/OC)C(=O)N[C@H]2CN3CC(C(=O)CF)=C(C(C=C)C(=O)O)N3C2=O)cs1. The summed E-state index contributed by atoms with van der Waals surface area (Å²) in [4.78, 5) is 70.7. The molecule has 3 heterocycles. The van der Waals surface area contributed by atoms with Crippen molar-refractivity contribution in [3.8, 4) is 0 Å². The third kappa shape index (κ3) is 5.76. The van der Waals surface area contributed by atoms with E-state index in [4.69, 9.17) is 9.57 Å². The number of carboxylic acid groups (broad SMARTS) is 1. The van der Waals surface area contributed by atoms with Crippen LogP contribution in [-0.2, 0) is 28.8 Å². The van der Waals surface area contributed by atoms with Gasteiger partial charge in [0.2, 0.25) is 0 Å². The molecule has 2 atom stereocenters. The summed E-state index contributed by atoms with van der Waals surface area (Å²) in [5.41, 5.74) is -0.673. The number of carboxylic acids is 1. The van der Waals surface area contributed by atoms with Gasteiger partial charge in [-0.2, -0.15) is 0 Å². The first-order chi connectivity index (χ1) is 18.2. The largest absolute Gasteiger partial charge is 0.481 e. The molecule has 1 aromatic rings. The molecule has 16 heteroatoms. The van der Waals surface area contributed by atoms with E-state index in [0.717, 1.165) is 22.4 Å². The van der Waals surface area contributed by atoms with Crippen molar-refractivity contribution in [3.05, 3.63) is 47.7 Å². The van der Waals surface area contributed by atoms with Crippen LogP contribution in [0.5, 0.6) is 0 Å². The number of oxime groups is 1. The van der Waals surface area contributed by atoms with Gasteiger partial charge in [0.1, 0.15) is 31.4 Å². The van der Waals surface area contributed by atoms with Crippen LogP contribution in [0.25, 0.3) is 0 Å². The van der Waals surface area contributed by atoms with Gasteiger partial charge in [0.25, 0.3) is 11.8 Å². The predicted octanol–water partition coefficient (Wildman–Crippen LogP) is 0.465. The van der Waals surface area contributed by atoms with Gasteiger partial charge in [0.15, 0.2) is 23.3 Å². The molecule has 1 saturated heterocycles. The van der Waals surface area contributed by atoms with Crippen molar-refractivity contribution in [2.45, 2.75) is 6.04 Å². The van der Waals surface area contributed by atoms with Crippen molar-refractivity contribution < 1.29 is 43.0 Å². The second-order valence-corrected chi connectivity index (χ2v) is 8.53. The van der Waals surface area contributed by atoms with E-state index in [1.54, 1.807) is 0 Å². The fourth-order valence-electron chi connectivity index (χ4n) is 3.74. The van der Waals surface area contributed by atoms with Crippen molar-refractivity contribution >= 4 is 51.8 Å². The number of anilines is 1. The molecule has 3 N–H and O–H groups in total. The summed E-state index contributed by atoms with van der Waals surface area (Å²) < 4.78 is 18.0. The summed E-state index contributed by atoms with van der Waals surface area (Å²) in [7, 11) is 1.19. The Labute approximate surface area is 219 Å². The van der Waals surface area contributed by atoms with Gasteiger partial charge in [-0.25, -0.2) is 24.2 Å². The molecule has 0 bridgehead atoms. The highest BCUT2D eigenvalue weighted by Gasteiger charge is 2.49. The van der Waals surface area contributed by atoms with Gasteiger partial charge in [-0.05, 0) is 0 Å². The zero-order valence-electron chi connectivity index (χ0n) is 20.0. The lowest BCUT2D eigenvalue weighted by Crippen LogP contribution is -2.46. The Kier molecular flexibility index (Phi) is 9.03. The molecule has 2 aliphatic heterocycles. The molecular weight excluding hydrogens is 527 g/mol. The quantitative estimate of drug-likeness (QED) is 0.188. The van der Waals surface area contributed by atoms with E-state index in [0.29, 0.717) is 0 Å². The van der Waals surface area contributed by atoms with Crippen molar-refractivity contribution in [2.24, 2.45) is 11.1 Å². The van der Waals surface area contributed by atoms with E-state index < -0.39 is 48.3 Å². The van der Waals surface area contributed by atoms with E-state index >= 15 is 0 Å². The van der Waals surface area contributed by atoms with Crippen LogP contribution in [0.4, 0.5) is 14.3 Å². The Morgan fingerprint density at radius 3 is 2.74 bits per heavy atom. The third-order valence-corrected chi connectivity index (χ3v) is 6.06. The van der Waals surface area contributed by atoms with Crippen LogP contribution >= 0.6 is 11.3 Å². The van der Waals surface area contributed by atoms with Gasteiger partial charge in [-0.1, -0.05) is 23.9 Å². The molecule has 2 aliphatic rings. The number of hydrazine groups is 1. The number of alkyl halides is 1. The maximum absolute atomic E-state index is 13.2. The molecule has 0 aliphatic carbocycles. The summed E-state index contributed by atoms with van der Waals surface area (Å²) in [5.74, 6) is -5.41. The number of carbonyl (C=O) groups excluding carboxylic acids is 4. The molecule has 0 spiro atoms. The minimum absolute atomic E-state index is 0.0212. The van der Waals surface area contributed by atoms with Crippen molar-refractivity contribution in [1.29, 1.82) is 0 Å². The molecule has 3 amide bonds. The highest BCUT2D eigenvalue weighted by Crippen LogP contribution is 2.35. The van der Waals surface area contributed by atoms with Crippen LogP contribution in [0.1, 0.15) is 5.69 Å². The molecule has 14 nitrogen and oxygen atoms in total. The van der Waals surface area contributed by atoms with Crippen LogP contribution in [0.2, 0.25) is 0 Å². The number of Topliss-reactive ketones (excluding diaryl/α,β-unsaturated/α-hetero) is 1. The number of aromatic nitrogens is 1. The molecule has 1 fully saturated rings. The monoisotopic (exact) mass is 550 g/mol. The Hall–Kier alpha value is -4.44. The number of amides is 3. The summed E-state index contributed by atoms with van der Waals surface area (Å²) in [6, 6.07) is -1.18. The number of ether oxygens (including phenoxy) is 1. The van der Waals surface area contributed by atoms with E-state index in [9.17, 15) is 33.5 Å². The Bertz CT molecular complexity index is 1240. The Morgan fingerprint density at radius 2 is 2.13 bits per heavy atom. The lowest BCUT2D eigenvalue weighted by Gasteiger charge is -2.24. The number of fused-ring (bicyclic) bond motifs is 1. The van der Waals surface area contributed by atoms with Gasteiger partial charge < -0.3 is 20.0 Å². The van der Waals surface area contributed by atoms with Crippen LogP contribution in [0.15, 0.2) is 47.1 Å². The lowest BCUT2D eigenvalue weighted by atomic mass is 9.98. The van der Waals surface area contributed by atoms with Crippen LogP contribution in [0, 0.1) is 5.92 Å². The van der Waals surface area contributed by atoms with E-state index in [2.05, 4.69) is 33.9 Å². The standard InChI is InChI=1S/C22H23FN6O8S/c1-4-6-37-22(35)26-21-25-14(10-38-21)16(27-36-3)18(31)24-13-9-28-8-12(15(30)7-23)17(29(28)19(13)32)11(5-2)20(33)34/h4-5,10-11,13H,1-2,6-9H2,3H3,(H,24,31)(H,33,34)(H,25,26,35)/b27-16-/t11?,13-/m0/s1. The van der Waals surface area contributed by atoms with E-state index in [1.807, 2.05) is 0 Å². The summed E-state index contributed by atoms with van der Waals surface area (Å²) in [6.07, 6.45) is 1.61. The molecule has 0 radical (unpaired) electrons. The predicted molar refractivity (Wildman–Crippen MR) is 131 cm³/mol. The number of nitrogens with zero attached hydrogens (tertiary/aromatic N) is 4. The lowest BCUT2D eigenvalue weighted by molar-refractivity contribution is -0.141. The number of nitrogens with one attached hydrogen (secondary N) is 2. The number of thiazole rings is 1. The smallest absolute Gasteiger partial charge is 0.413 e. The summed E-state index contributed by atoms with van der Waals surface area (Å²) >= 11 is 0.971. The Balaban J connectivity index is 1.79. The second-order valence-electron chi connectivity index (χ2n) is 7.67. The molecule has 1 unspecified atom stereocenters. The maximum Gasteiger partial charge on any atom is 0.413 e. The molecule has 0 saturated carbocycles. The second kappa shape index (κ2) is 12.2. The number of ketones is 1. The minimum Gasteiger partial charge on any atom is -0.481 e. The summed E-state index contributed by atoms with van der Waals surface area (Å²) in [5, 5.41) is 21.9. The van der Waals surface area contributed by atoms with Gasteiger partial charge in [-0.3, -0.25) is 24.5 Å². The number of halogens is 1. The van der Waals surface area contributed by atoms with Gasteiger partial charge in [0, 0.05) is 24.0 Å². The van der Waals surface area contributed by atoms with E-state index in [1.165, 1.54) is 23.6 Å². The van der Waals surface area contributed by atoms with Crippen LogP contribution in [0.3, 0.4) is 0 Å². The van der Waals surface area contributed by atoms with Gasteiger partial charge in [-0.15, -0.1) is 17.9 Å². The average Bonchev–Trinajstić information content (AvgIpc) is 3.57. The van der Waals surface area contributed by atoms with Crippen molar-refractivity contribution in [2.75, 3.05) is 38.8 Å². The molecular formula is C22H23FN6O8S. The first-order valence-corrected chi connectivity index (χ1v) is 11.7. The average molecular weight is 551 g/mol. The molecule has 3 rings (SSSR count). The molecule has 202 valence electrons. The fourth-order valence-corrected chi connectivity index (χ4v) is 4.42. The van der Waals surface area contributed by atoms with Crippen LogP contribution in [-0.4, -0.2) is 95.0 Å². The van der Waals surface area contributed by atoms with Gasteiger partial charge in [0.05, 0.1) is 5.70 Å². The number of rotatable bonds is 12. The van der Waals surface area contributed by atoms with Crippen molar-refractivity contribution in [1.82, 2.24) is 20.3 Å². The maximum atomic E-state index is 13.2. The first-order valence-electron chi connectivity index (χ1n) is 10.9. The zero-order chi connectivity index (χ0) is 28.0. The van der Waals surface area contributed by atoms with Gasteiger partial charge >= 0.3 is 12.1 Å². The molecule has 0 aromatic carbocycles. The minimum atomic E-state index is -1.46. The molecule has 38 heavy (non-hydrogen) atoms. The highest BCUT2D eigenvalue weighted by atomic mass is 32.1. The molecule has 1 aromatic heterocycles. The normalized spacial score (nSPS) is 18.1. The third-order valence-electron chi connectivity index (χ3n) is 5.31. The topological polar surface area (TPSA) is 180 Å². The zero-order valence-corrected chi connectivity index (χ0v) is 20.8.